The fourth-order valence-electron chi connectivity index (χ4n) is 4.83. The second-order valence-corrected chi connectivity index (χ2v) is 10.7. The van der Waals surface area contributed by atoms with Crippen LogP contribution < -0.4 is 0 Å². The summed E-state index contributed by atoms with van der Waals surface area (Å²) >= 11 is 0. The molecule has 2 nitrogen and oxygen atoms in total. The molecule has 2 atom stereocenters. The number of pyridine rings is 2. The van der Waals surface area contributed by atoms with Crippen LogP contribution in [0, 0.1) is 23.7 Å². The van der Waals surface area contributed by atoms with E-state index in [1.54, 1.807) is 0 Å². The zero-order valence-electron chi connectivity index (χ0n) is 20.2. The molecule has 0 fully saturated rings. The summed E-state index contributed by atoms with van der Waals surface area (Å²) in [6, 6.07) is 9.17. The Labute approximate surface area is 183 Å². The van der Waals surface area contributed by atoms with E-state index in [0.717, 1.165) is 11.0 Å². The summed E-state index contributed by atoms with van der Waals surface area (Å²) in [4.78, 5) is 9.83. The van der Waals surface area contributed by atoms with Crippen molar-refractivity contribution in [2.24, 2.45) is 23.7 Å². The minimum Gasteiger partial charge on any atom is -0.254 e. The van der Waals surface area contributed by atoms with Crippen LogP contribution in [0.25, 0.3) is 21.8 Å². The van der Waals surface area contributed by atoms with E-state index in [4.69, 9.17) is 9.97 Å². The lowest BCUT2D eigenvalue weighted by atomic mass is 9.82. The number of nitrogens with zero attached hydrogens (tertiary/aromatic N) is 2. The number of hydrogen-bond acceptors (Lipinski definition) is 2. The maximum absolute atomic E-state index is 4.92. The van der Waals surface area contributed by atoms with E-state index in [-0.39, 0.29) is 0 Å². The van der Waals surface area contributed by atoms with Crippen molar-refractivity contribution in [3.8, 4) is 0 Å². The molecule has 0 aliphatic carbocycles. The number of aromatic nitrogens is 2. The van der Waals surface area contributed by atoms with Crippen molar-refractivity contribution in [2.45, 2.75) is 80.1 Å². The van der Waals surface area contributed by atoms with Crippen LogP contribution in [0.3, 0.4) is 0 Å². The van der Waals surface area contributed by atoms with Crippen LogP contribution in [0.15, 0.2) is 36.7 Å². The molecule has 1 aromatic carbocycles. The Bertz CT molecular complexity index is 904. The molecule has 2 heterocycles. The normalized spacial score (nSPS) is 14.5. The molecule has 0 spiro atoms. The molecule has 0 radical (unpaired) electrons. The Morgan fingerprint density at radius 3 is 1.27 bits per heavy atom. The van der Waals surface area contributed by atoms with Crippen LogP contribution in [-0.2, 0) is 0 Å². The van der Waals surface area contributed by atoms with Crippen molar-refractivity contribution in [1.29, 1.82) is 0 Å². The van der Waals surface area contributed by atoms with Gasteiger partial charge in [0.2, 0.25) is 0 Å². The van der Waals surface area contributed by atoms with E-state index in [9.17, 15) is 0 Å². The topological polar surface area (TPSA) is 25.8 Å². The molecule has 3 rings (SSSR count). The van der Waals surface area contributed by atoms with E-state index < -0.39 is 0 Å². The summed E-state index contributed by atoms with van der Waals surface area (Å²) in [6.45, 7) is 18.5. The molecule has 0 N–H and O–H groups in total. The van der Waals surface area contributed by atoms with Crippen molar-refractivity contribution >= 4 is 21.8 Å². The highest BCUT2D eigenvalue weighted by Crippen LogP contribution is 2.35. The van der Waals surface area contributed by atoms with E-state index in [0.29, 0.717) is 35.5 Å². The molecule has 162 valence electrons. The minimum atomic E-state index is 0.552. The summed E-state index contributed by atoms with van der Waals surface area (Å²) in [5.74, 6) is 3.70. The van der Waals surface area contributed by atoms with E-state index in [1.807, 2.05) is 0 Å². The van der Waals surface area contributed by atoms with E-state index in [1.165, 1.54) is 34.7 Å². The predicted octanol–water partition coefficient (Wildman–Crippen LogP) is 8.35. The highest BCUT2D eigenvalue weighted by molar-refractivity contribution is 6.02. The molecule has 0 saturated carbocycles. The standard InChI is InChI=1S/C28H40N2/c1-17(2)11-25(19(5)6)23-13-21-9-10-22-14-24(26(20(7)8)12-18(3)4)16-30-28(22)27(21)29-15-23/h9-10,13-20,25-26H,11-12H2,1-8H3. The molecule has 0 bridgehead atoms. The Hall–Kier alpha value is -1.96. The first kappa shape index (κ1) is 22.7. The Balaban J connectivity index is 2.03. The van der Waals surface area contributed by atoms with Gasteiger partial charge in [-0.3, -0.25) is 9.97 Å². The molecule has 3 aromatic rings. The van der Waals surface area contributed by atoms with Crippen molar-refractivity contribution in [1.82, 2.24) is 9.97 Å². The molecule has 30 heavy (non-hydrogen) atoms. The van der Waals surface area contributed by atoms with Gasteiger partial charge in [-0.25, -0.2) is 0 Å². The van der Waals surface area contributed by atoms with Gasteiger partial charge in [0.1, 0.15) is 0 Å². The van der Waals surface area contributed by atoms with Crippen LogP contribution in [-0.4, -0.2) is 9.97 Å². The van der Waals surface area contributed by atoms with Crippen LogP contribution in [0.2, 0.25) is 0 Å². The summed E-state index contributed by atoms with van der Waals surface area (Å²) in [5, 5.41) is 2.41. The Morgan fingerprint density at radius 2 is 0.967 bits per heavy atom. The lowest BCUT2D eigenvalue weighted by molar-refractivity contribution is 0.407. The van der Waals surface area contributed by atoms with Gasteiger partial charge >= 0.3 is 0 Å². The summed E-state index contributed by atoms with van der Waals surface area (Å²) in [7, 11) is 0. The van der Waals surface area contributed by atoms with Gasteiger partial charge in [0.25, 0.3) is 0 Å². The highest BCUT2D eigenvalue weighted by Gasteiger charge is 2.20. The third kappa shape index (κ3) is 5.02. The summed E-state index contributed by atoms with van der Waals surface area (Å²) < 4.78 is 0. The quantitative estimate of drug-likeness (QED) is 0.352. The summed E-state index contributed by atoms with van der Waals surface area (Å²) in [6.07, 6.45) is 6.60. The minimum absolute atomic E-state index is 0.552. The third-order valence-electron chi connectivity index (χ3n) is 6.46. The van der Waals surface area contributed by atoms with Crippen LogP contribution >= 0.6 is 0 Å². The van der Waals surface area contributed by atoms with Gasteiger partial charge in [0.05, 0.1) is 11.0 Å². The zero-order valence-corrected chi connectivity index (χ0v) is 20.2. The average Bonchev–Trinajstić information content (AvgIpc) is 2.68. The fraction of sp³-hybridized carbons (Fsp3) is 0.571. The zero-order chi connectivity index (χ0) is 22.0. The molecule has 0 amide bonds. The fourth-order valence-corrected chi connectivity index (χ4v) is 4.83. The molecular weight excluding hydrogens is 364 g/mol. The monoisotopic (exact) mass is 404 g/mol. The first-order chi connectivity index (χ1) is 14.2. The van der Waals surface area contributed by atoms with Gasteiger partial charge in [-0.2, -0.15) is 0 Å². The van der Waals surface area contributed by atoms with Gasteiger partial charge in [0.15, 0.2) is 0 Å². The average molecular weight is 405 g/mol. The first-order valence-corrected chi connectivity index (χ1v) is 11.9. The smallest absolute Gasteiger partial charge is 0.0964 e. The number of benzene rings is 1. The van der Waals surface area contributed by atoms with Gasteiger partial charge in [-0.1, -0.05) is 67.5 Å². The van der Waals surface area contributed by atoms with Crippen molar-refractivity contribution < 1.29 is 0 Å². The molecule has 0 saturated heterocycles. The maximum Gasteiger partial charge on any atom is 0.0964 e. The second-order valence-electron chi connectivity index (χ2n) is 10.7. The summed E-state index contributed by atoms with van der Waals surface area (Å²) in [5.41, 5.74) is 4.78. The van der Waals surface area contributed by atoms with Gasteiger partial charge < -0.3 is 0 Å². The van der Waals surface area contributed by atoms with Crippen LogP contribution in [0.5, 0.6) is 0 Å². The molecular formula is C28H40N2. The maximum atomic E-state index is 4.92. The molecule has 2 heteroatoms. The van der Waals surface area contributed by atoms with Crippen molar-refractivity contribution in [3.63, 3.8) is 0 Å². The largest absolute Gasteiger partial charge is 0.254 e. The predicted molar refractivity (Wildman–Crippen MR) is 131 cm³/mol. The van der Waals surface area contributed by atoms with E-state index >= 15 is 0 Å². The van der Waals surface area contributed by atoms with E-state index in [2.05, 4.69) is 92.0 Å². The third-order valence-corrected chi connectivity index (χ3v) is 6.46. The molecule has 0 aliphatic heterocycles. The highest BCUT2D eigenvalue weighted by atomic mass is 14.7. The molecule has 0 aliphatic rings. The number of rotatable bonds is 8. The van der Waals surface area contributed by atoms with Crippen molar-refractivity contribution in [3.05, 3.63) is 47.8 Å². The Morgan fingerprint density at radius 1 is 0.600 bits per heavy atom. The first-order valence-electron chi connectivity index (χ1n) is 11.9. The van der Waals surface area contributed by atoms with Crippen molar-refractivity contribution in [2.75, 3.05) is 0 Å². The lowest BCUT2D eigenvalue weighted by Crippen LogP contribution is -2.11. The van der Waals surface area contributed by atoms with Gasteiger partial charge in [0, 0.05) is 23.2 Å². The second kappa shape index (κ2) is 9.45. The molecule has 2 unspecified atom stereocenters. The van der Waals surface area contributed by atoms with Gasteiger partial charge in [-0.15, -0.1) is 0 Å². The number of fused-ring (bicyclic) bond motifs is 3. The molecule has 2 aromatic heterocycles. The van der Waals surface area contributed by atoms with Gasteiger partial charge in [-0.05, 0) is 71.6 Å². The Kier molecular flexibility index (Phi) is 7.16. The number of hydrogen-bond donors (Lipinski definition) is 0. The van der Waals surface area contributed by atoms with Crippen LogP contribution in [0.1, 0.15) is 91.2 Å². The SMILES string of the molecule is CC(C)CC(c1cnc2c(ccc3cc(C(CC(C)C)C(C)C)cnc32)c1)C(C)C. The van der Waals surface area contributed by atoms with Crippen LogP contribution in [0.4, 0.5) is 0 Å². The lowest BCUT2D eigenvalue weighted by Gasteiger charge is -2.24.